The van der Waals surface area contributed by atoms with Crippen molar-refractivity contribution in [2.24, 2.45) is 5.73 Å². The highest BCUT2D eigenvalue weighted by molar-refractivity contribution is 8.68. The van der Waals surface area contributed by atoms with Crippen LogP contribution in [0.15, 0.2) is 48.5 Å². The van der Waals surface area contributed by atoms with Gasteiger partial charge in [-0.25, -0.2) is 32.6 Å². The van der Waals surface area contributed by atoms with Gasteiger partial charge in [0.2, 0.25) is 70.1 Å². The number of ether oxygens (including phenoxy) is 1. The van der Waals surface area contributed by atoms with Crippen LogP contribution in [0.5, 0.6) is 11.5 Å². The van der Waals surface area contributed by atoms with Crippen LogP contribution in [0.3, 0.4) is 0 Å². The minimum Gasteiger partial charge on any atom is -0.508 e. The van der Waals surface area contributed by atoms with Crippen molar-refractivity contribution in [3.63, 3.8) is 0 Å². The monoisotopic (exact) mass is 1680 g/mol. The van der Waals surface area contributed by atoms with Crippen LogP contribution in [0.4, 0.5) is 0 Å². The van der Waals surface area contributed by atoms with Crippen molar-refractivity contribution < 1.29 is 102 Å². The van der Waals surface area contributed by atoms with E-state index in [4.69, 9.17) is 10.5 Å². The second kappa shape index (κ2) is 51.2. The fourth-order valence-corrected chi connectivity index (χ4v) is 12.4. The highest BCUT2D eigenvalue weighted by Crippen LogP contribution is 2.21. The molecule has 2 aromatic carbocycles. The zero-order valence-corrected chi connectivity index (χ0v) is 66.7. The lowest BCUT2D eigenvalue weighted by molar-refractivity contribution is -0.147. The summed E-state index contributed by atoms with van der Waals surface area (Å²) in [4.78, 5) is 216. The molecule has 0 radical (unpaired) electrons. The Balaban J connectivity index is 1.65. The van der Waals surface area contributed by atoms with Crippen LogP contribution in [0, 0.1) is 0 Å². The largest absolute Gasteiger partial charge is 0.508 e. The summed E-state index contributed by atoms with van der Waals surface area (Å²) in [5.41, 5.74) is 22.4. The van der Waals surface area contributed by atoms with E-state index in [9.17, 15) is 97.1 Å². The average Bonchev–Trinajstić information content (AvgIpc) is 1.26. The highest BCUT2D eigenvalue weighted by Gasteiger charge is 2.41. The van der Waals surface area contributed by atoms with Gasteiger partial charge in [0.15, 0.2) is 11.6 Å². The van der Waals surface area contributed by atoms with Crippen molar-refractivity contribution in [2.75, 3.05) is 73.2 Å². The number of thiol groups is 7. The lowest BCUT2D eigenvalue weighted by Crippen LogP contribution is -2.62. The molecule has 44 heteroatoms. The number of hydrazine groups is 3. The van der Waals surface area contributed by atoms with Gasteiger partial charge >= 0.3 is 11.9 Å². The number of ketones is 8. The molecule has 0 aliphatic carbocycles. The number of amides is 6. The first-order chi connectivity index (χ1) is 51.7. The summed E-state index contributed by atoms with van der Waals surface area (Å²) in [5.74, 6) is -17.4. The van der Waals surface area contributed by atoms with E-state index in [1.807, 2.05) is 0 Å². The number of rotatable bonds is 57. The molecule has 109 heavy (non-hydrogen) atoms. The van der Waals surface area contributed by atoms with E-state index in [0.29, 0.717) is 17.5 Å². The summed E-state index contributed by atoms with van der Waals surface area (Å²) >= 11 is 29.1. The highest BCUT2D eigenvalue weighted by atomic mass is 33.1. The summed E-state index contributed by atoms with van der Waals surface area (Å²) in [6.07, 6.45) is -2.79. The zero-order chi connectivity index (χ0) is 81.6. The molecule has 3 rings (SSSR count). The van der Waals surface area contributed by atoms with Gasteiger partial charge in [-0.05, 0) is 87.8 Å². The number of aromatic hydroxyl groups is 2. The maximum atomic E-state index is 14.3. The number of nitrogens with zero attached hydrogens (tertiary/aromatic N) is 1. The predicted octanol–water partition coefficient (Wildman–Crippen LogP) is -5.43. The normalized spacial score (nSPS) is 16.3. The molecule has 1 unspecified atom stereocenters. The van der Waals surface area contributed by atoms with Crippen molar-refractivity contribution in [3.05, 3.63) is 59.7 Å². The lowest BCUT2D eigenvalue weighted by Gasteiger charge is -2.30. The molecule has 1 aliphatic heterocycles. The van der Waals surface area contributed by atoms with Gasteiger partial charge in [-0.15, -0.1) is 11.7 Å². The first-order valence-electron chi connectivity index (χ1n) is 34.1. The van der Waals surface area contributed by atoms with Crippen LogP contribution in [-0.2, 0) is 94.3 Å². The van der Waals surface area contributed by atoms with Crippen LogP contribution < -0.4 is 75.5 Å². The smallest absolute Gasteiger partial charge is 0.324 e. The van der Waals surface area contributed by atoms with Gasteiger partial charge in [0, 0.05) is 47.5 Å². The number of aliphatic hydroxyl groups excluding tert-OH is 1. The number of esters is 1. The van der Waals surface area contributed by atoms with Gasteiger partial charge < -0.3 is 62.4 Å². The number of benzene rings is 2. The molecule has 0 bridgehead atoms. The summed E-state index contributed by atoms with van der Waals surface area (Å²) in [5, 5.41) is 57.3. The molecule has 19 N–H and O–H groups in total. The van der Waals surface area contributed by atoms with Crippen molar-refractivity contribution in [2.45, 2.75) is 157 Å². The quantitative estimate of drug-likeness (QED) is 0.00734. The SMILES string of the molecule is CCCOC(=O)C(Cc1ccc(O)cc1)NN[C@@H](CS)C(=O)NCC(=O)N[C@H](C(=O)C(=O)[C@H](CS)NCC(=O)[C@H](C)NCC(=O)[C@@H]1CCCN1C(=O)[C@H](CC(N)=O)NC(=O)[C@H](CS)NN[C@@H](CS)C(=O)C(=O)[C@H](Cc1ccc(O)cc1)NN[C@@H](CCC(=O)O)C(=O)N[C@@H](CS)C(=O)C(=O)[C@H](CS)NCSS)[C@@H](C)O. The van der Waals surface area contributed by atoms with Gasteiger partial charge in [-0.3, -0.25) is 87.3 Å². The van der Waals surface area contributed by atoms with Gasteiger partial charge in [0.25, 0.3) is 0 Å². The standard InChI is InChI=1S/C65H97N15O21S8/c1-4-18-101-65(100)41(20-35-9-13-37(83)14-10-35)76-78-46(29-106)61(96)69-24-52(87)73-54(33(3)81)60(95)57(92)42(25-102)68-22-49(84)32(2)67-23-50(85)48-6-5-17-80(48)64(99)40(21-51(66)86)71-63(98)47(30-107)79-77-45(28-105)59(94)55(90)39(19-34-7-11-36(82)12-8-34)75-74-38(15-16-53(88)89)62(97)72-44(27-104)58(93)56(91)43(26-103)70-31-109-108/h7-14,32-33,38-48,54,67-68,70,74-79,81-83,102-108H,4-6,15-31H2,1-3H3,(H2,66,86)(H,69,96)(H,71,98)(H,72,97)(H,73,87)(H,88,89)/t32-,33+,38-,39-,40-,41?,42-,43-,44-,45-,46-,47-,48-,54-/m0/s1. The summed E-state index contributed by atoms with van der Waals surface area (Å²) in [7, 11) is 1.04. The second-order valence-electron chi connectivity index (χ2n) is 24.8. The Morgan fingerprint density at radius 3 is 1.56 bits per heavy atom. The van der Waals surface area contributed by atoms with Crippen LogP contribution in [0.1, 0.15) is 70.4 Å². The third-order valence-corrected chi connectivity index (χ3v) is 19.4. The molecule has 2 aromatic rings. The molecule has 1 fully saturated rings. The number of carboxylic acids is 1. The maximum absolute atomic E-state index is 14.3. The van der Waals surface area contributed by atoms with E-state index in [-0.39, 0.29) is 85.0 Å². The van der Waals surface area contributed by atoms with E-state index in [1.54, 1.807) is 19.1 Å². The van der Waals surface area contributed by atoms with Crippen LogP contribution >= 0.6 is 98.2 Å². The second-order valence-corrected chi connectivity index (χ2v) is 28.3. The molecule has 0 aromatic heterocycles. The first kappa shape index (κ1) is 96.8. The number of carbonyl (C=O) groups excluding carboxylic acids is 15. The number of carboxylic acid groups (broad SMARTS) is 1. The summed E-state index contributed by atoms with van der Waals surface area (Å²) in [6.45, 7) is 2.58. The molecule has 36 nitrogen and oxygen atoms in total. The Morgan fingerprint density at radius 1 is 0.560 bits per heavy atom. The fraction of sp³-hybridized carbons (Fsp3) is 0.569. The Morgan fingerprint density at radius 2 is 1.03 bits per heavy atom. The minimum atomic E-state index is -1.83. The van der Waals surface area contributed by atoms with Crippen LogP contribution in [-0.4, -0.2) is 277 Å². The fourth-order valence-electron chi connectivity index (χ4n) is 10.3. The number of aliphatic hydroxyl groups is 1. The van der Waals surface area contributed by atoms with Crippen LogP contribution in [0.2, 0.25) is 0 Å². The lowest BCUT2D eigenvalue weighted by atomic mass is 9.98. The molecule has 0 saturated carbocycles. The molecule has 1 saturated heterocycles. The number of nitrogens with one attached hydrogen (secondary N) is 13. The van der Waals surface area contributed by atoms with Gasteiger partial charge in [-0.1, -0.05) is 42.0 Å². The summed E-state index contributed by atoms with van der Waals surface area (Å²) < 4.78 is 5.29. The average molecular weight is 1680 g/mol. The molecule has 1 aliphatic rings. The third-order valence-electron chi connectivity index (χ3n) is 16.5. The number of hydrogen-bond donors (Lipinski definition) is 25. The van der Waals surface area contributed by atoms with E-state index in [1.165, 1.54) is 43.3 Å². The zero-order valence-electron chi connectivity index (χ0n) is 59.6. The summed E-state index contributed by atoms with van der Waals surface area (Å²) in [6, 6.07) is -6.56. The van der Waals surface area contributed by atoms with Crippen molar-refractivity contribution >= 4 is 192 Å². The molecule has 14 atom stereocenters. The van der Waals surface area contributed by atoms with Gasteiger partial charge in [0.05, 0.1) is 80.9 Å². The van der Waals surface area contributed by atoms with E-state index in [2.05, 4.69) is 157 Å². The minimum absolute atomic E-state index is 0.00880. The number of aliphatic carboxylic acids is 1. The number of hydrogen-bond acceptors (Lipinski definition) is 37. The van der Waals surface area contributed by atoms with E-state index < -0.39 is 223 Å². The molecule has 0 spiro atoms. The molecule has 1 heterocycles. The van der Waals surface area contributed by atoms with Crippen molar-refractivity contribution in [1.82, 2.24) is 74.7 Å². The Kier molecular flexibility index (Phi) is 45.5. The predicted molar refractivity (Wildman–Crippen MR) is 423 cm³/mol. The Labute approximate surface area is 670 Å². The maximum Gasteiger partial charge on any atom is 0.324 e. The molecule has 6 amide bonds. The number of likely N-dealkylation sites (tertiary alicyclic amines) is 1. The van der Waals surface area contributed by atoms with Gasteiger partial charge in [0.1, 0.15) is 53.8 Å². The molecule has 606 valence electrons. The number of phenols is 2. The molecular formula is C65H97N15O21S8. The Bertz CT molecular complexity index is 3450. The third kappa shape index (κ3) is 33.0. The molecular weight excluding hydrogens is 1580 g/mol. The number of Topliss-reactive ketones (excluding diaryl/α,β-unsaturated/α-hetero) is 8. The number of primary amides is 1. The number of nitrogens with two attached hydrogens (primary N) is 1. The first-order valence-corrected chi connectivity index (χ1v) is 39.9. The van der Waals surface area contributed by atoms with Crippen LogP contribution in [0.25, 0.3) is 0 Å². The number of carbonyl (C=O) groups is 16. The van der Waals surface area contributed by atoms with Crippen molar-refractivity contribution in [3.8, 4) is 11.5 Å². The van der Waals surface area contributed by atoms with Gasteiger partial charge in [-0.2, -0.15) is 75.8 Å². The number of phenolic OH excluding ortho intramolecular Hbond substituents is 2. The van der Waals surface area contributed by atoms with Crippen molar-refractivity contribution in [1.29, 1.82) is 0 Å². The topological polar surface area (TPSA) is 549 Å². The van der Waals surface area contributed by atoms with E-state index >= 15 is 0 Å². The Hall–Kier alpha value is -6.44. The van der Waals surface area contributed by atoms with E-state index in [0.717, 1.165) is 22.6 Å².